The molecule has 0 bridgehead atoms. The van der Waals surface area contributed by atoms with Crippen LogP contribution in [0, 0.1) is 0 Å². The first-order chi connectivity index (χ1) is 8.88. The van der Waals surface area contributed by atoms with Crippen LogP contribution in [0.5, 0.6) is 11.5 Å². The highest BCUT2D eigenvalue weighted by molar-refractivity contribution is 5.44. The van der Waals surface area contributed by atoms with Crippen LogP contribution in [-0.4, -0.2) is 13.7 Å². The van der Waals surface area contributed by atoms with Crippen LogP contribution >= 0.6 is 0 Å². The molecule has 1 unspecified atom stereocenters. The van der Waals surface area contributed by atoms with Crippen molar-refractivity contribution in [1.29, 1.82) is 0 Å². The van der Waals surface area contributed by atoms with Crippen molar-refractivity contribution in [2.45, 2.75) is 12.3 Å². The molecule has 92 valence electrons. The lowest BCUT2D eigenvalue weighted by Gasteiger charge is -2.26. The maximum Gasteiger partial charge on any atom is 0.123 e. The minimum absolute atomic E-state index is 0.431. The molecule has 2 nitrogen and oxygen atoms in total. The molecular formula is C16H16O2. The van der Waals surface area contributed by atoms with Gasteiger partial charge in [0.05, 0.1) is 13.7 Å². The first kappa shape index (κ1) is 11.1. The Morgan fingerprint density at radius 2 is 1.83 bits per heavy atom. The molecule has 2 aromatic rings. The van der Waals surface area contributed by atoms with Crippen LogP contribution in [0.2, 0.25) is 0 Å². The third kappa shape index (κ3) is 1.94. The highest BCUT2D eigenvalue weighted by Crippen LogP contribution is 2.38. The van der Waals surface area contributed by atoms with Gasteiger partial charge in [0.2, 0.25) is 0 Å². The van der Waals surface area contributed by atoms with Crippen molar-refractivity contribution < 1.29 is 9.47 Å². The predicted octanol–water partition coefficient (Wildman–Crippen LogP) is 3.61. The Labute approximate surface area is 107 Å². The summed E-state index contributed by atoms with van der Waals surface area (Å²) < 4.78 is 10.9. The van der Waals surface area contributed by atoms with Crippen molar-refractivity contribution in [3.05, 3.63) is 59.7 Å². The van der Waals surface area contributed by atoms with E-state index in [1.165, 1.54) is 11.1 Å². The fourth-order valence-electron chi connectivity index (χ4n) is 2.52. The van der Waals surface area contributed by atoms with Gasteiger partial charge < -0.3 is 9.47 Å². The van der Waals surface area contributed by atoms with Gasteiger partial charge >= 0.3 is 0 Å². The van der Waals surface area contributed by atoms with Gasteiger partial charge in [-0.05, 0) is 30.2 Å². The molecule has 0 spiro atoms. The van der Waals surface area contributed by atoms with Gasteiger partial charge in [0.1, 0.15) is 11.5 Å². The minimum Gasteiger partial charge on any atom is -0.497 e. The van der Waals surface area contributed by atoms with Crippen LogP contribution in [0.3, 0.4) is 0 Å². The van der Waals surface area contributed by atoms with Crippen LogP contribution in [0.4, 0.5) is 0 Å². The molecule has 1 aliphatic rings. The van der Waals surface area contributed by atoms with Crippen LogP contribution in [-0.2, 0) is 0 Å². The van der Waals surface area contributed by atoms with Crippen molar-refractivity contribution in [2.75, 3.05) is 13.7 Å². The van der Waals surface area contributed by atoms with Crippen molar-refractivity contribution >= 4 is 0 Å². The van der Waals surface area contributed by atoms with Gasteiger partial charge in [-0.2, -0.15) is 0 Å². The zero-order valence-electron chi connectivity index (χ0n) is 10.4. The minimum atomic E-state index is 0.431. The van der Waals surface area contributed by atoms with E-state index in [-0.39, 0.29) is 0 Å². The van der Waals surface area contributed by atoms with E-state index in [0.717, 1.165) is 24.5 Å². The van der Waals surface area contributed by atoms with Gasteiger partial charge in [0.15, 0.2) is 0 Å². The zero-order chi connectivity index (χ0) is 12.4. The Hall–Kier alpha value is -1.96. The second-order valence-electron chi connectivity index (χ2n) is 4.50. The number of benzene rings is 2. The van der Waals surface area contributed by atoms with Crippen LogP contribution < -0.4 is 9.47 Å². The van der Waals surface area contributed by atoms with Gasteiger partial charge in [-0.3, -0.25) is 0 Å². The Morgan fingerprint density at radius 1 is 1.06 bits per heavy atom. The number of methoxy groups -OCH3 is 1. The van der Waals surface area contributed by atoms with E-state index in [9.17, 15) is 0 Å². The van der Waals surface area contributed by atoms with Gasteiger partial charge in [-0.1, -0.05) is 30.3 Å². The van der Waals surface area contributed by atoms with Crippen LogP contribution in [0.25, 0.3) is 0 Å². The quantitative estimate of drug-likeness (QED) is 0.798. The third-order valence-electron chi connectivity index (χ3n) is 3.48. The van der Waals surface area contributed by atoms with E-state index in [1.807, 2.05) is 24.3 Å². The molecule has 0 aliphatic carbocycles. The molecule has 1 heterocycles. The van der Waals surface area contributed by atoms with E-state index >= 15 is 0 Å². The lowest BCUT2D eigenvalue weighted by atomic mass is 9.87. The Morgan fingerprint density at radius 3 is 2.61 bits per heavy atom. The molecule has 0 amide bonds. The van der Waals surface area contributed by atoms with Crippen molar-refractivity contribution in [3.8, 4) is 11.5 Å². The summed E-state index contributed by atoms with van der Waals surface area (Å²) in [5.41, 5.74) is 2.61. The monoisotopic (exact) mass is 240 g/mol. The molecule has 3 rings (SSSR count). The molecular weight excluding hydrogens is 224 g/mol. The fourth-order valence-corrected chi connectivity index (χ4v) is 2.52. The summed E-state index contributed by atoms with van der Waals surface area (Å²) in [4.78, 5) is 0. The molecule has 1 atom stereocenters. The van der Waals surface area contributed by atoms with Crippen molar-refractivity contribution in [1.82, 2.24) is 0 Å². The number of hydrogen-bond acceptors (Lipinski definition) is 2. The first-order valence-electron chi connectivity index (χ1n) is 6.24. The maximum absolute atomic E-state index is 5.70. The number of ether oxygens (including phenoxy) is 2. The molecule has 0 saturated carbocycles. The van der Waals surface area contributed by atoms with Crippen molar-refractivity contribution in [3.63, 3.8) is 0 Å². The Bertz CT molecular complexity index is 531. The molecule has 1 aliphatic heterocycles. The largest absolute Gasteiger partial charge is 0.497 e. The summed E-state index contributed by atoms with van der Waals surface area (Å²) in [6.07, 6.45) is 1.03. The summed E-state index contributed by atoms with van der Waals surface area (Å²) in [5, 5.41) is 0. The third-order valence-corrected chi connectivity index (χ3v) is 3.48. The topological polar surface area (TPSA) is 18.5 Å². The van der Waals surface area contributed by atoms with E-state index in [4.69, 9.17) is 9.47 Å². The molecule has 0 radical (unpaired) electrons. The van der Waals surface area contributed by atoms with Gasteiger partial charge in [-0.15, -0.1) is 0 Å². The standard InChI is InChI=1S/C16H16O2/c1-17-13-8-6-12(7-9-13)14-10-11-18-16-5-3-2-4-15(14)16/h2-9,14H,10-11H2,1H3. The molecule has 18 heavy (non-hydrogen) atoms. The molecule has 0 N–H and O–H groups in total. The number of para-hydroxylation sites is 1. The maximum atomic E-state index is 5.70. The van der Waals surface area contributed by atoms with E-state index in [0.29, 0.717) is 5.92 Å². The number of hydrogen-bond donors (Lipinski definition) is 0. The van der Waals surface area contributed by atoms with E-state index < -0.39 is 0 Å². The molecule has 0 aromatic heterocycles. The SMILES string of the molecule is COc1ccc(C2CCOc3ccccc32)cc1. The first-order valence-corrected chi connectivity index (χ1v) is 6.24. The summed E-state index contributed by atoms with van der Waals surface area (Å²) >= 11 is 0. The van der Waals surface area contributed by atoms with Gasteiger partial charge in [0, 0.05) is 11.5 Å². The van der Waals surface area contributed by atoms with E-state index in [1.54, 1.807) is 7.11 Å². The summed E-state index contributed by atoms with van der Waals surface area (Å²) in [6, 6.07) is 16.6. The molecule has 0 saturated heterocycles. The fraction of sp³-hybridized carbons (Fsp3) is 0.250. The summed E-state index contributed by atoms with van der Waals surface area (Å²) in [7, 11) is 1.69. The smallest absolute Gasteiger partial charge is 0.123 e. The summed E-state index contributed by atoms with van der Waals surface area (Å²) in [6.45, 7) is 0.785. The van der Waals surface area contributed by atoms with Crippen molar-refractivity contribution in [2.24, 2.45) is 0 Å². The number of fused-ring (bicyclic) bond motifs is 1. The molecule has 2 aromatic carbocycles. The highest BCUT2D eigenvalue weighted by atomic mass is 16.5. The Kier molecular flexibility index (Phi) is 2.93. The normalized spacial score (nSPS) is 17.7. The average Bonchev–Trinajstić information content (AvgIpc) is 2.47. The second kappa shape index (κ2) is 4.73. The van der Waals surface area contributed by atoms with E-state index in [2.05, 4.69) is 24.3 Å². The van der Waals surface area contributed by atoms with Gasteiger partial charge in [0.25, 0.3) is 0 Å². The van der Waals surface area contributed by atoms with Crippen LogP contribution in [0.1, 0.15) is 23.5 Å². The second-order valence-corrected chi connectivity index (χ2v) is 4.50. The highest BCUT2D eigenvalue weighted by Gasteiger charge is 2.22. The average molecular weight is 240 g/mol. The molecule has 0 fully saturated rings. The Balaban J connectivity index is 1.97. The van der Waals surface area contributed by atoms with Gasteiger partial charge in [-0.25, -0.2) is 0 Å². The molecule has 2 heteroatoms. The number of rotatable bonds is 2. The van der Waals surface area contributed by atoms with Crippen LogP contribution in [0.15, 0.2) is 48.5 Å². The lowest BCUT2D eigenvalue weighted by molar-refractivity contribution is 0.277. The summed E-state index contributed by atoms with van der Waals surface area (Å²) in [5.74, 6) is 2.35. The predicted molar refractivity (Wildman–Crippen MR) is 71.4 cm³/mol. The zero-order valence-corrected chi connectivity index (χ0v) is 10.4. The lowest BCUT2D eigenvalue weighted by Crippen LogP contribution is -2.14.